The molecule has 3 rings (SSSR count). The first kappa shape index (κ1) is 46.1. The maximum atomic E-state index is 14.0. The summed E-state index contributed by atoms with van der Waals surface area (Å²) in [6, 6.07) is 1.86. The summed E-state index contributed by atoms with van der Waals surface area (Å²) in [4.78, 5) is 101. The molecule has 2 heterocycles. The molecular formula is C38H58N12O8+2. The van der Waals surface area contributed by atoms with E-state index in [9.17, 15) is 33.6 Å². The smallest absolute Gasteiger partial charge is 0.338 e. The molecule has 0 saturated carbocycles. The van der Waals surface area contributed by atoms with Crippen molar-refractivity contribution in [1.29, 1.82) is 0 Å². The van der Waals surface area contributed by atoms with Crippen LogP contribution in [-0.2, 0) is 35.2 Å². The van der Waals surface area contributed by atoms with Crippen LogP contribution in [0, 0.1) is 6.92 Å². The number of aryl methyl sites for hydroxylation is 1. The lowest BCUT2D eigenvalue weighted by atomic mass is 10.0. The number of imidazole rings is 1. The van der Waals surface area contributed by atoms with Gasteiger partial charge >= 0.3 is 11.6 Å². The first-order chi connectivity index (χ1) is 27.7. The van der Waals surface area contributed by atoms with E-state index < -0.39 is 59.3 Å². The van der Waals surface area contributed by atoms with Crippen molar-refractivity contribution in [3.63, 3.8) is 0 Å². The van der Waals surface area contributed by atoms with E-state index in [-0.39, 0.29) is 43.1 Å². The summed E-state index contributed by atoms with van der Waals surface area (Å²) in [5.74, 6) is -3.14. The molecule has 15 N–H and O–H groups in total. The van der Waals surface area contributed by atoms with Crippen LogP contribution in [0.3, 0.4) is 0 Å². The number of nitrogens with zero attached hydrogens (tertiary/aromatic N) is 1. The Morgan fingerprint density at radius 2 is 1.43 bits per heavy atom. The molecule has 20 nitrogen and oxygen atoms in total. The van der Waals surface area contributed by atoms with Gasteiger partial charge in [-0.15, -0.1) is 0 Å². The highest BCUT2D eigenvalue weighted by atomic mass is 16.4. The van der Waals surface area contributed by atoms with E-state index >= 15 is 0 Å². The van der Waals surface area contributed by atoms with Crippen LogP contribution in [0.2, 0.25) is 0 Å². The number of carbonyl (C=O) groups is 6. The molecule has 20 heteroatoms. The Labute approximate surface area is 335 Å². The van der Waals surface area contributed by atoms with Gasteiger partial charge in [0.05, 0.1) is 19.4 Å². The van der Waals surface area contributed by atoms with Crippen LogP contribution in [0.1, 0.15) is 76.5 Å². The van der Waals surface area contributed by atoms with Crippen molar-refractivity contribution in [3.05, 3.63) is 58.5 Å². The monoisotopic (exact) mass is 810 g/mol. The number of quaternary nitrogens is 1. The van der Waals surface area contributed by atoms with Gasteiger partial charge in [-0.1, -0.05) is 0 Å². The van der Waals surface area contributed by atoms with Crippen LogP contribution < -0.4 is 59.7 Å². The second-order valence-corrected chi connectivity index (χ2v) is 14.0. The van der Waals surface area contributed by atoms with E-state index in [0.29, 0.717) is 74.1 Å². The minimum absolute atomic E-state index is 0.00991. The highest BCUT2D eigenvalue weighted by molar-refractivity contribution is 6.00. The maximum absolute atomic E-state index is 14.0. The Balaban J connectivity index is 1.85. The summed E-state index contributed by atoms with van der Waals surface area (Å²) in [5, 5.41) is 17.1. The average molecular weight is 811 g/mol. The molecule has 6 amide bonds. The van der Waals surface area contributed by atoms with Crippen LogP contribution in [0.4, 0.5) is 5.69 Å². The van der Waals surface area contributed by atoms with Gasteiger partial charge in [-0.3, -0.25) is 45.2 Å². The zero-order valence-electron chi connectivity index (χ0n) is 33.3. The van der Waals surface area contributed by atoms with Crippen molar-refractivity contribution < 1.29 is 43.9 Å². The fraction of sp³-hybridized carbons (Fsp3) is 0.500. The quantitative estimate of drug-likeness (QED) is 0.0185. The van der Waals surface area contributed by atoms with Crippen molar-refractivity contribution in [2.45, 2.75) is 103 Å². The number of nitrogens with one attached hydrogen (secondary N) is 8. The van der Waals surface area contributed by atoms with Gasteiger partial charge in [-0.05, 0) is 76.0 Å². The Morgan fingerprint density at radius 1 is 0.810 bits per heavy atom. The molecule has 4 atom stereocenters. The van der Waals surface area contributed by atoms with E-state index in [4.69, 9.17) is 15.9 Å². The molecule has 0 aliphatic rings. The van der Waals surface area contributed by atoms with E-state index in [0.717, 1.165) is 0 Å². The standard InChI is InChI=1S/C38H56N12O8/c1-22-17-33(53)58-32-19-25(12-13-27(22)32)47-34(54)29(10-5-7-15-43-23(2)51)48-36(56)30(9-4-6-14-39)49-37(57)31(18-26-20-42-21-45-26)50-35(55)28(46-24(3)52)11-8-16-44-38(40)41/h12-13,17,19-21,28-31H,4-11,14-16,18,39H2,1-3H3,(H,42,45)(H,43,51)(H,46,52)(H,47,54)(H,48,56)(H,49,57)(H,50,55)(H4,40,41,44)/p+2/t28-,29-,30-,31-/m0/s1. The molecule has 0 aliphatic carbocycles. The van der Waals surface area contributed by atoms with E-state index in [1.165, 1.54) is 38.5 Å². The molecule has 0 radical (unpaired) electrons. The van der Waals surface area contributed by atoms with Gasteiger partial charge in [0.25, 0.3) is 0 Å². The molecule has 0 unspecified atom stereocenters. The molecule has 0 spiro atoms. The number of rotatable bonds is 24. The normalized spacial score (nSPS) is 13.0. The number of hydrogen-bond acceptors (Lipinski definition) is 9. The number of anilines is 1. The van der Waals surface area contributed by atoms with E-state index in [1.54, 1.807) is 19.1 Å². The van der Waals surface area contributed by atoms with Crippen molar-refractivity contribution in [2.24, 2.45) is 11.5 Å². The Morgan fingerprint density at radius 3 is 2.05 bits per heavy atom. The number of carbonyl (C=O) groups excluding carboxylic acids is 6. The number of hydrogen-bond donors (Lipinski definition) is 11. The average Bonchev–Trinajstić information content (AvgIpc) is 3.67. The number of fused-ring (bicyclic) bond motifs is 1. The Hall–Kier alpha value is -6.31. The van der Waals surface area contributed by atoms with Gasteiger partial charge in [-0.2, -0.15) is 0 Å². The highest BCUT2D eigenvalue weighted by Crippen LogP contribution is 2.21. The third kappa shape index (κ3) is 16.0. The summed E-state index contributed by atoms with van der Waals surface area (Å²) in [7, 11) is 0. The molecule has 58 heavy (non-hydrogen) atoms. The molecule has 3 aromatic rings. The second kappa shape index (κ2) is 23.7. The molecule has 0 fully saturated rings. The fourth-order valence-corrected chi connectivity index (χ4v) is 6.13. The summed E-state index contributed by atoms with van der Waals surface area (Å²) < 4.78 is 5.33. The van der Waals surface area contributed by atoms with Gasteiger partial charge in [0, 0.05) is 61.9 Å². The van der Waals surface area contributed by atoms with Gasteiger partial charge in [0.1, 0.15) is 29.8 Å². The summed E-state index contributed by atoms with van der Waals surface area (Å²) in [6.45, 7) is 5.73. The van der Waals surface area contributed by atoms with Crippen molar-refractivity contribution in [1.82, 2.24) is 36.6 Å². The minimum atomic E-state index is -1.21. The van der Waals surface area contributed by atoms with Crippen molar-refractivity contribution in [3.8, 4) is 0 Å². The topological polar surface area (TPSA) is 327 Å². The van der Waals surface area contributed by atoms with Crippen LogP contribution in [0.25, 0.3) is 11.0 Å². The Bertz CT molecular complexity index is 1940. The van der Waals surface area contributed by atoms with Crippen molar-refractivity contribution >= 4 is 58.1 Å². The first-order valence-electron chi connectivity index (χ1n) is 19.3. The van der Waals surface area contributed by atoms with Gasteiger partial charge in [0.15, 0.2) is 0 Å². The number of unbranched alkanes of at least 4 members (excludes halogenated alkanes) is 2. The number of aromatic nitrogens is 2. The lowest BCUT2D eigenvalue weighted by Gasteiger charge is -2.26. The molecule has 0 bridgehead atoms. The van der Waals surface area contributed by atoms with Crippen LogP contribution in [-0.4, -0.2) is 95.2 Å². The van der Waals surface area contributed by atoms with Crippen LogP contribution in [0.15, 0.2) is 46.0 Å². The number of amides is 6. The lowest BCUT2D eigenvalue weighted by molar-refractivity contribution is -0.459. The largest absolute Gasteiger partial charge is 0.423 e. The number of H-pyrrole nitrogens is 1. The van der Waals surface area contributed by atoms with Crippen LogP contribution >= 0.6 is 0 Å². The number of aromatic amines is 1. The van der Waals surface area contributed by atoms with Crippen molar-refractivity contribution in [2.75, 3.05) is 25.0 Å². The molecule has 0 saturated heterocycles. The van der Waals surface area contributed by atoms with E-state index in [1.807, 2.05) is 0 Å². The minimum Gasteiger partial charge on any atom is -0.423 e. The van der Waals surface area contributed by atoms with Gasteiger partial charge < -0.3 is 47.0 Å². The summed E-state index contributed by atoms with van der Waals surface area (Å²) in [5.41, 5.74) is 16.1. The number of guanidine groups is 1. The predicted molar refractivity (Wildman–Crippen MR) is 214 cm³/mol. The zero-order valence-corrected chi connectivity index (χ0v) is 33.3. The lowest BCUT2D eigenvalue weighted by Crippen LogP contribution is -2.78. The van der Waals surface area contributed by atoms with E-state index in [2.05, 4.69) is 52.6 Å². The maximum Gasteiger partial charge on any atom is 0.338 e. The molecule has 0 aliphatic heterocycles. The molecule has 316 valence electrons. The van der Waals surface area contributed by atoms with Gasteiger partial charge in [0.2, 0.25) is 35.4 Å². The number of nitrogens with two attached hydrogens (primary N) is 2. The SMILES string of the molecule is CC(=O)NCCCC[C@H](NC(=O)[C@H](CCCC[NH3+])NC(=O)[C@H](Cc1cnc[nH]1)NC(=O)[C@H](CCC[NH+]=C(N)N)NC(C)=O)C(=O)Nc1ccc2c(C)cc(=O)oc2c1. The first-order valence-corrected chi connectivity index (χ1v) is 19.3. The van der Waals surface area contributed by atoms with Crippen LogP contribution in [0.5, 0.6) is 0 Å². The predicted octanol–water partition coefficient (Wildman–Crippen LogP) is -3.18. The summed E-state index contributed by atoms with van der Waals surface area (Å²) >= 11 is 0. The molecular weight excluding hydrogens is 752 g/mol. The number of benzene rings is 1. The third-order valence-electron chi connectivity index (χ3n) is 9.08. The van der Waals surface area contributed by atoms with Gasteiger partial charge in [-0.25, -0.2) is 9.78 Å². The fourth-order valence-electron chi connectivity index (χ4n) is 6.13. The second-order valence-electron chi connectivity index (χ2n) is 14.0. The third-order valence-corrected chi connectivity index (χ3v) is 9.08. The Kier molecular flexibility index (Phi) is 18.8. The highest BCUT2D eigenvalue weighted by Gasteiger charge is 2.31. The zero-order chi connectivity index (χ0) is 42.6. The molecule has 2 aromatic heterocycles. The summed E-state index contributed by atoms with van der Waals surface area (Å²) in [6.07, 6.45) is 6.01. The molecule has 1 aromatic carbocycles.